The highest BCUT2D eigenvalue weighted by atomic mass is 19.1. The van der Waals surface area contributed by atoms with Crippen molar-refractivity contribution in [3.63, 3.8) is 0 Å². The van der Waals surface area contributed by atoms with Crippen molar-refractivity contribution in [2.45, 2.75) is 39.2 Å². The molecule has 1 atom stereocenters. The first-order valence-electron chi connectivity index (χ1n) is 7.03. The highest BCUT2D eigenvalue weighted by Crippen LogP contribution is 2.16. The van der Waals surface area contributed by atoms with Gasteiger partial charge in [0.05, 0.1) is 6.42 Å². The highest BCUT2D eigenvalue weighted by Gasteiger charge is 2.20. The summed E-state index contributed by atoms with van der Waals surface area (Å²) in [5.41, 5.74) is 0.445. The molecule has 116 valence electrons. The molecule has 1 aromatic carbocycles. The van der Waals surface area contributed by atoms with Crippen LogP contribution < -0.4 is 10.2 Å². The Hall–Kier alpha value is -2.11. The number of nitrogens with zero attached hydrogens (tertiary/aromatic N) is 1. The molecule has 0 aliphatic carbocycles. The molecular formula is C15H21FN2O3. The third kappa shape index (κ3) is 5.41. The topological polar surface area (TPSA) is 69.6 Å². The lowest BCUT2D eigenvalue weighted by Gasteiger charge is -2.25. The second kappa shape index (κ2) is 8.24. The third-order valence-electron chi connectivity index (χ3n) is 3.07. The van der Waals surface area contributed by atoms with Crippen LogP contribution in [0.2, 0.25) is 0 Å². The number of urea groups is 1. The molecule has 5 nitrogen and oxygen atoms in total. The maximum Gasteiger partial charge on any atom is 0.322 e. The van der Waals surface area contributed by atoms with E-state index < -0.39 is 23.9 Å². The Bertz CT molecular complexity index is 494. The summed E-state index contributed by atoms with van der Waals surface area (Å²) in [5.74, 6) is -1.38. The smallest absolute Gasteiger partial charge is 0.322 e. The van der Waals surface area contributed by atoms with Crippen LogP contribution in [-0.2, 0) is 4.79 Å². The van der Waals surface area contributed by atoms with Gasteiger partial charge in [-0.2, -0.15) is 0 Å². The predicted molar refractivity (Wildman–Crippen MR) is 78.9 cm³/mol. The van der Waals surface area contributed by atoms with Gasteiger partial charge in [-0.05, 0) is 31.5 Å². The Balaban J connectivity index is 2.80. The predicted octanol–water partition coefficient (Wildman–Crippen LogP) is 3.01. The first-order chi connectivity index (χ1) is 9.97. The van der Waals surface area contributed by atoms with Crippen LogP contribution in [0.3, 0.4) is 0 Å². The summed E-state index contributed by atoms with van der Waals surface area (Å²) in [4.78, 5) is 24.4. The molecule has 0 saturated heterocycles. The van der Waals surface area contributed by atoms with Crippen molar-refractivity contribution in [3.8, 4) is 0 Å². The van der Waals surface area contributed by atoms with Gasteiger partial charge in [-0.15, -0.1) is 0 Å². The summed E-state index contributed by atoms with van der Waals surface area (Å²) in [6.45, 7) is 4.06. The van der Waals surface area contributed by atoms with Gasteiger partial charge in [-0.3, -0.25) is 9.69 Å². The van der Waals surface area contributed by atoms with Crippen molar-refractivity contribution in [2.24, 2.45) is 0 Å². The highest BCUT2D eigenvalue weighted by molar-refractivity contribution is 5.92. The minimum atomic E-state index is -0.956. The molecule has 1 unspecified atom stereocenters. The fraction of sp³-hybridized carbons (Fsp3) is 0.467. The number of carbonyl (C=O) groups is 2. The number of anilines is 1. The lowest BCUT2D eigenvalue weighted by Crippen LogP contribution is -2.45. The van der Waals surface area contributed by atoms with Crippen LogP contribution in [0.15, 0.2) is 24.3 Å². The van der Waals surface area contributed by atoms with E-state index in [0.717, 1.165) is 6.42 Å². The average Bonchev–Trinajstić information content (AvgIpc) is 2.39. The normalized spacial score (nSPS) is 11.8. The fourth-order valence-electron chi connectivity index (χ4n) is 2.12. The molecule has 0 aliphatic rings. The van der Waals surface area contributed by atoms with Crippen LogP contribution in [0, 0.1) is 5.82 Å². The molecule has 0 aliphatic heterocycles. The molecular weight excluding hydrogens is 275 g/mol. The Labute approximate surface area is 123 Å². The first kappa shape index (κ1) is 16.9. The Morgan fingerprint density at radius 1 is 1.38 bits per heavy atom. The number of amides is 2. The van der Waals surface area contributed by atoms with Crippen LogP contribution >= 0.6 is 0 Å². The number of carboxylic acid groups (broad SMARTS) is 1. The number of rotatable bonds is 7. The molecule has 0 saturated carbocycles. The molecule has 0 heterocycles. The van der Waals surface area contributed by atoms with Crippen LogP contribution in [0.25, 0.3) is 0 Å². The molecule has 1 rings (SSSR count). The van der Waals surface area contributed by atoms with Gasteiger partial charge in [0.25, 0.3) is 0 Å². The number of halogens is 1. The van der Waals surface area contributed by atoms with E-state index in [2.05, 4.69) is 5.32 Å². The maximum absolute atomic E-state index is 13.2. The number of benzene rings is 1. The maximum atomic E-state index is 13.2. The van der Waals surface area contributed by atoms with E-state index in [4.69, 9.17) is 5.11 Å². The number of nitrogens with one attached hydrogen (secondary N) is 1. The molecule has 1 aromatic rings. The van der Waals surface area contributed by atoms with E-state index in [9.17, 15) is 14.0 Å². The standard InChI is InChI=1S/C15H21FN2O3/c1-3-6-12(10-14(19)20)17-15(21)18(4-2)13-8-5-7-11(16)9-13/h5,7-9,12H,3-4,6,10H2,1-2H3,(H,17,21)(H,19,20). The van der Waals surface area contributed by atoms with Gasteiger partial charge in [0, 0.05) is 18.3 Å². The Kier molecular flexibility index (Phi) is 6.65. The number of carbonyl (C=O) groups excluding carboxylic acids is 1. The zero-order chi connectivity index (χ0) is 15.8. The van der Waals surface area contributed by atoms with E-state index in [1.54, 1.807) is 13.0 Å². The lowest BCUT2D eigenvalue weighted by atomic mass is 10.1. The van der Waals surface area contributed by atoms with E-state index in [1.165, 1.54) is 23.1 Å². The summed E-state index contributed by atoms with van der Waals surface area (Å²) in [7, 11) is 0. The quantitative estimate of drug-likeness (QED) is 0.812. The SMILES string of the molecule is CCCC(CC(=O)O)NC(=O)N(CC)c1cccc(F)c1. The molecule has 0 spiro atoms. The first-order valence-corrected chi connectivity index (χ1v) is 7.03. The van der Waals surface area contributed by atoms with Gasteiger partial charge >= 0.3 is 12.0 Å². The zero-order valence-electron chi connectivity index (χ0n) is 12.3. The molecule has 0 bridgehead atoms. The van der Waals surface area contributed by atoms with Gasteiger partial charge in [0.1, 0.15) is 5.82 Å². The molecule has 21 heavy (non-hydrogen) atoms. The number of aliphatic carboxylic acids is 1. The lowest BCUT2D eigenvalue weighted by molar-refractivity contribution is -0.137. The van der Waals surface area contributed by atoms with Gasteiger partial charge in [-0.1, -0.05) is 19.4 Å². The second-order valence-corrected chi connectivity index (χ2v) is 4.76. The van der Waals surface area contributed by atoms with Crippen LogP contribution in [0.1, 0.15) is 33.1 Å². The van der Waals surface area contributed by atoms with Gasteiger partial charge < -0.3 is 10.4 Å². The molecule has 2 N–H and O–H groups in total. The van der Waals surface area contributed by atoms with Crippen molar-refractivity contribution in [2.75, 3.05) is 11.4 Å². The molecule has 0 aromatic heterocycles. The zero-order valence-corrected chi connectivity index (χ0v) is 12.3. The van der Waals surface area contributed by atoms with Crippen LogP contribution in [0.4, 0.5) is 14.9 Å². The second-order valence-electron chi connectivity index (χ2n) is 4.76. The Morgan fingerprint density at radius 3 is 2.62 bits per heavy atom. The van der Waals surface area contributed by atoms with E-state index in [1.807, 2.05) is 6.92 Å². The molecule has 0 radical (unpaired) electrons. The van der Waals surface area contributed by atoms with Gasteiger partial charge in [0.2, 0.25) is 0 Å². The average molecular weight is 296 g/mol. The summed E-state index contributed by atoms with van der Waals surface area (Å²) < 4.78 is 13.2. The summed E-state index contributed by atoms with van der Waals surface area (Å²) in [5, 5.41) is 11.6. The van der Waals surface area contributed by atoms with Crippen molar-refractivity contribution < 1.29 is 19.1 Å². The Morgan fingerprint density at radius 2 is 2.10 bits per heavy atom. The number of hydrogen-bond donors (Lipinski definition) is 2. The fourth-order valence-corrected chi connectivity index (χ4v) is 2.12. The number of hydrogen-bond acceptors (Lipinski definition) is 2. The third-order valence-corrected chi connectivity index (χ3v) is 3.07. The monoisotopic (exact) mass is 296 g/mol. The number of carboxylic acids is 1. The van der Waals surface area contributed by atoms with E-state index in [0.29, 0.717) is 18.7 Å². The van der Waals surface area contributed by atoms with Crippen molar-refractivity contribution in [1.29, 1.82) is 0 Å². The largest absolute Gasteiger partial charge is 0.481 e. The molecule has 6 heteroatoms. The molecule has 2 amide bonds. The molecule has 0 fully saturated rings. The minimum Gasteiger partial charge on any atom is -0.481 e. The summed E-state index contributed by atoms with van der Waals surface area (Å²) in [6.07, 6.45) is 1.23. The van der Waals surface area contributed by atoms with E-state index in [-0.39, 0.29) is 6.42 Å². The van der Waals surface area contributed by atoms with E-state index >= 15 is 0 Å². The minimum absolute atomic E-state index is 0.125. The van der Waals surface area contributed by atoms with Crippen molar-refractivity contribution in [1.82, 2.24) is 5.32 Å². The van der Waals surface area contributed by atoms with Crippen LogP contribution in [-0.4, -0.2) is 29.7 Å². The van der Waals surface area contributed by atoms with Crippen molar-refractivity contribution >= 4 is 17.7 Å². The van der Waals surface area contributed by atoms with Gasteiger partial charge in [-0.25, -0.2) is 9.18 Å². The van der Waals surface area contributed by atoms with Crippen LogP contribution in [0.5, 0.6) is 0 Å². The summed E-state index contributed by atoms with van der Waals surface area (Å²) >= 11 is 0. The van der Waals surface area contributed by atoms with Gasteiger partial charge in [0.15, 0.2) is 0 Å². The van der Waals surface area contributed by atoms with Crippen molar-refractivity contribution in [3.05, 3.63) is 30.1 Å². The summed E-state index contributed by atoms with van der Waals surface area (Å²) in [6, 6.07) is 4.90.